The van der Waals surface area contributed by atoms with E-state index in [1.165, 1.54) is 5.57 Å². The Kier molecular flexibility index (Phi) is 10.2. The van der Waals surface area contributed by atoms with Crippen LogP contribution in [0.5, 0.6) is 11.5 Å². The van der Waals surface area contributed by atoms with Gasteiger partial charge in [-0.05, 0) is 92.2 Å². The number of halogens is 1. The molecular formula is C36H43BBrNO6. The van der Waals surface area contributed by atoms with Crippen LogP contribution in [-0.2, 0) is 14.2 Å². The minimum absolute atomic E-state index is 0.0199. The number of phenols is 1. The largest absolute Gasteiger partial charge is 0.507 e. The Labute approximate surface area is 275 Å². The average Bonchev–Trinajstić information content (AvgIpc) is 3.30. The zero-order chi connectivity index (χ0) is 31.5. The molecule has 45 heavy (non-hydrogen) atoms. The van der Waals surface area contributed by atoms with Gasteiger partial charge in [-0.3, -0.25) is 14.5 Å². The molecule has 2 saturated heterocycles. The van der Waals surface area contributed by atoms with Crippen LogP contribution in [0.2, 0.25) is 6.32 Å². The Bertz CT molecular complexity index is 1450. The third kappa shape index (κ3) is 6.96. The zero-order valence-corrected chi connectivity index (χ0v) is 27.6. The molecule has 2 aromatic rings. The number of fused-ring (bicyclic) bond motifs is 3. The van der Waals surface area contributed by atoms with Gasteiger partial charge in [-0.25, -0.2) is 0 Å². The Morgan fingerprint density at radius 3 is 2.60 bits per heavy atom. The molecule has 4 aliphatic rings. The number of carbonyl (C=O) groups excluding carboxylic acids is 2. The van der Waals surface area contributed by atoms with Crippen LogP contribution in [0.1, 0.15) is 76.7 Å². The van der Waals surface area contributed by atoms with Gasteiger partial charge in [-0.15, -0.1) is 0 Å². The molecule has 2 aliphatic carbocycles. The van der Waals surface area contributed by atoms with Crippen molar-refractivity contribution in [2.45, 2.75) is 89.6 Å². The summed E-state index contributed by atoms with van der Waals surface area (Å²) >= 11 is 3.51. The van der Waals surface area contributed by atoms with E-state index >= 15 is 0 Å². The first-order valence-electron chi connectivity index (χ1n) is 16.6. The molecule has 238 valence electrons. The van der Waals surface area contributed by atoms with Crippen molar-refractivity contribution in [1.82, 2.24) is 4.90 Å². The number of rotatable bonds is 10. The van der Waals surface area contributed by atoms with E-state index in [4.69, 9.17) is 9.39 Å². The first-order valence-corrected chi connectivity index (χ1v) is 17.4. The quantitative estimate of drug-likeness (QED) is 0.156. The lowest BCUT2D eigenvalue weighted by atomic mass is 9.58. The summed E-state index contributed by atoms with van der Waals surface area (Å²) in [5.41, 5.74) is 3.98. The highest BCUT2D eigenvalue weighted by molar-refractivity contribution is 9.10. The topological polar surface area (TPSA) is 96.3 Å². The van der Waals surface area contributed by atoms with E-state index in [2.05, 4.69) is 22.9 Å². The molecule has 2 aliphatic heterocycles. The van der Waals surface area contributed by atoms with Gasteiger partial charge in [0, 0.05) is 16.1 Å². The molecule has 2 heterocycles. The van der Waals surface area contributed by atoms with Gasteiger partial charge in [0.15, 0.2) is 0 Å². The number of benzene rings is 2. The van der Waals surface area contributed by atoms with Gasteiger partial charge in [0.25, 0.3) is 0 Å². The van der Waals surface area contributed by atoms with Crippen molar-refractivity contribution in [1.29, 1.82) is 0 Å². The molecule has 2 amide bonds. The van der Waals surface area contributed by atoms with Crippen molar-refractivity contribution in [3.8, 4) is 11.5 Å². The van der Waals surface area contributed by atoms with Crippen LogP contribution >= 0.6 is 15.9 Å². The number of aromatic hydroxyl groups is 1. The van der Waals surface area contributed by atoms with Gasteiger partial charge in [-0.1, -0.05) is 78.4 Å². The molecule has 3 fully saturated rings. The zero-order valence-electron chi connectivity index (χ0n) is 26.0. The highest BCUT2D eigenvalue weighted by atomic mass is 79.9. The van der Waals surface area contributed by atoms with Gasteiger partial charge >= 0.3 is 7.12 Å². The number of hydrogen-bond donors (Lipinski definition) is 2. The minimum Gasteiger partial charge on any atom is -0.507 e. The SMILES string of the molecule is CCC/C(=C\c1cc(Br)ccc1O)CC[C@H]1OB(O)C[C@H]2C1=C(COc1ccccc1)C[C@H]1C(=O)N(C3CCCCC3)C(=O)[C@H]12. The second-order valence-electron chi connectivity index (χ2n) is 13.1. The number of ether oxygens (including phenoxy) is 1. The number of allylic oxidation sites excluding steroid dienone is 1. The second-order valence-corrected chi connectivity index (χ2v) is 14.0. The number of nitrogens with zero attached hydrogens (tertiary/aromatic N) is 1. The standard InChI is InChI=1S/C36H43BBrNO6/c1-2-9-23(18-24-19-26(38)15-16-31(24)40)14-17-32-33-25(22-44-28-12-7-4-8-13-28)20-29-34(30(33)21-37(43)45-32)36(42)39(35(29)41)27-10-5-3-6-11-27/h4,7-8,12-13,15-16,18-19,27,29-30,32,34,40,43H,2-3,5-6,9-11,14,17,20-22H2,1H3/b23-18+/t29-,30+,32-,34-/m1/s1. The minimum atomic E-state index is -1.02. The van der Waals surface area contributed by atoms with Crippen molar-refractivity contribution in [3.63, 3.8) is 0 Å². The summed E-state index contributed by atoms with van der Waals surface area (Å²) in [6.45, 7) is 2.44. The molecule has 0 unspecified atom stereocenters. The number of hydrogen-bond acceptors (Lipinski definition) is 6. The highest BCUT2D eigenvalue weighted by Crippen LogP contribution is 2.51. The summed E-state index contributed by atoms with van der Waals surface area (Å²) in [6.07, 6.45) is 10.5. The lowest BCUT2D eigenvalue weighted by molar-refractivity contribution is -0.143. The van der Waals surface area contributed by atoms with Gasteiger partial charge in [-0.2, -0.15) is 0 Å². The first-order chi connectivity index (χ1) is 21.8. The number of imide groups is 1. The summed E-state index contributed by atoms with van der Waals surface area (Å²) < 4.78 is 13.4. The Morgan fingerprint density at radius 1 is 1.07 bits per heavy atom. The van der Waals surface area contributed by atoms with Crippen molar-refractivity contribution >= 4 is 40.9 Å². The second kappa shape index (κ2) is 14.3. The molecule has 0 spiro atoms. The highest BCUT2D eigenvalue weighted by Gasteiger charge is 2.58. The van der Waals surface area contributed by atoms with Gasteiger partial charge < -0.3 is 19.5 Å². The number of para-hydroxylation sites is 1. The maximum absolute atomic E-state index is 14.1. The molecule has 0 radical (unpaired) electrons. The van der Waals surface area contributed by atoms with Crippen molar-refractivity contribution in [2.24, 2.45) is 17.8 Å². The number of likely N-dealkylation sites (tertiary alicyclic amines) is 1. The van der Waals surface area contributed by atoms with E-state index in [0.29, 0.717) is 32.2 Å². The third-order valence-corrected chi connectivity index (χ3v) is 10.6. The predicted octanol–water partition coefficient (Wildman–Crippen LogP) is 7.33. The van der Waals surface area contributed by atoms with Crippen LogP contribution in [0, 0.1) is 17.8 Å². The maximum Gasteiger partial charge on any atom is 0.455 e. The maximum atomic E-state index is 14.1. The lowest BCUT2D eigenvalue weighted by Crippen LogP contribution is -2.47. The van der Waals surface area contributed by atoms with E-state index in [1.54, 1.807) is 11.0 Å². The van der Waals surface area contributed by atoms with E-state index in [9.17, 15) is 19.7 Å². The normalized spacial score (nSPS) is 25.9. The summed E-state index contributed by atoms with van der Waals surface area (Å²) in [5.74, 6) is -0.310. The Morgan fingerprint density at radius 2 is 1.84 bits per heavy atom. The van der Waals surface area contributed by atoms with Crippen molar-refractivity contribution < 1.29 is 29.1 Å². The lowest BCUT2D eigenvalue weighted by Gasteiger charge is -2.43. The summed E-state index contributed by atoms with van der Waals surface area (Å²) in [5, 5.41) is 21.5. The number of phenolic OH excluding ortho intramolecular Hbond substituents is 1. The fraction of sp³-hybridized carbons (Fsp3) is 0.500. The summed E-state index contributed by atoms with van der Waals surface area (Å²) in [4.78, 5) is 29.7. The average molecular weight is 676 g/mol. The first kappa shape index (κ1) is 32.1. The van der Waals surface area contributed by atoms with E-state index in [0.717, 1.165) is 71.9 Å². The molecular weight excluding hydrogens is 633 g/mol. The van der Waals surface area contributed by atoms with Gasteiger partial charge in [0.2, 0.25) is 11.8 Å². The summed E-state index contributed by atoms with van der Waals surface area (Å²) in [6, 6.07) is 15.0. The van der Waals surface area contributed by atoms with Crippen molar-refractivity contribution in [3.05, 3.63) is 75.3 Å². The van der Waals surface area contributed by atoms with E-state index in [1.807, 2.05) is 48.5 Å². The molecule has 0 aromatic heterocycles. The van der Waals surface area contributed by atoms with Crippen LogP contribution in [0.3, 0.4) is 0 Å². The van der Waals surface area contributed by atoms with E-state index < -0.39 is 25.1 Å². The Balaban J connectivity index is 1.31. The molecule has 9 heteroatoms. The van der Waals surface area contributed by atoms with Crippen molar-refractivity contribution in [2.75, 3.05) is 6.61 Å². The molecule has 2 aromatic carbocycles. The molecule has 0 bridgehead atoms. The van der Waals surface area contributed by atoms with Crippen LogP contribution in [0.25, 0.3) is 6.08 Å². The van der Waals surface area contributed by atoms with E-state index in [-0.39, 0.29) is 29.5 Å². The fourth-order valence-corrected chi connectivity index (χ4v) is 8.45. The number of carbonyl (C=O) groups is 2. The smallest absolute Gasteiger partial charge is 0.455 e. The summed E-state index contributed by atoms with van der Waals surface area (Å²) in [7, 11) is -1.02. The van der Waals surface area contributed by atoms with Gasteiger partial charge in [0.1, 0.15) is 18.1 Å². The van der Waals surface area contributed by atoms with Crippen LogP contribution in [0.15, 0.2) is 69.7 Å². The van der Waals surface area contributed by atoms with Crippen LogP contribution in [0.4, 0.5) is 0 Å². The predicted molar refractivity (Wildman–Crippen MR) is 178 cm³/mol. The van der Waals surface area contributed by atoms with Crippen LogP contribution in [-0.4, -0.2) is 52.7 Å². The molecule has 2 N–H and O–H groups in total. The van der Waals surface area contributed by atoms with Crippen LogP contribution < -0.4 is 4.74 Å². The molecule has 1 saturated carbocycles. The third-order valence-electron chi connectivity index (χ3n) is 10.1. The number of amides is 2. The van der Waals surface area contributed by atoms with Gasteiger partial charge in [0.05, 0.1) is 17.9 Å². The Hall–Kier alpha value is -2.88. The molecule has 6 rings (SSSR count). The molecule has 7 nitrogen and oxygen atoms in total. The monoisotopic (exact) mass is 675 g/mol. The fourth-order valence-electron chi connectivity index (χ4n) is 8.07. The molecule has 4 atom stereocenters.